The highest BCUT2D eigenvalue weighted by atomic mass is 79.9. The van der Waals surface area contributed by atoms with Crippen molar-refractivity contribution in [1.29, 1.82) is 0 Å². The summed E-state index contributed by atoms with van der Waals surface area (Å²) in [5.74, 6) is -0.368. The third-order valence-electron chi connectivity index (χ3n) is 5.09. The Morgan fingerprint density at radius 3 is 2.56 bits per heavy atom. The summed E-state index contributed by atoms with van der Waals surface area (Å²) in [7, 11) is 0. The van der Waals surface area contributed by atoms with Gasteiger partial charge in [-0.05, 0) is 60.2 Å². The fourth-order valence-electron chi connectivity index (χ4n) is 3.32. The Balaban J connectivity index is 1.49. The van der Waals surface area contributed by atoms with Gasteiger partial charge in [0, 0.05) is 15.7 Å². The van der Waals surface area contributed by atoms with E-state index in [1.807, 2.05) is 61.5 Å². The van der Waals surface area contributed by atoms with Gasteiger partial charge in [-0.1, -0.05) is 64.5 Å². The topological polar surface area (TPSA) is 75.7 Å². The van der Waals surface area contributed by atoms with Crippen molar-refractivity contribution in [1.82, 2.24) is 4.90 Å². The summed E-state index contributed by atoms with van der Waals surface area (Å²) in [5.41, 5.74) is 3.20. The van der Waals surface area contributed by atoms with Crippen LogP contribution in [0.25, 0.3) is 6.08 Å². The largest absolute Gasteiger partial charge is 0.488 e. The average molecular weight is 537 g/mol. The summed E-state index contributed by atoms with van der Waals surface area (Å²) in [6.45, 7) is 1.88. The van der Waals surface area contributed by atoms with E-state index >= 15 is 0 Å². The first kappa shape index (κ1) is 23.8. The number of amides is 3. The SMILES string of the molecule is Cc1ccccc1NC(=O)CN1C(=O)S/C(=C\c2cc(Br)ccc2OCc2ccccc2)C1=O. The molecule has 172 valence electrons. The number of ether oxygens (including phenoxy) is 1. The number of hydrogen-bond acceptors (Lipinski definition) is 5. The van der Waals surface area contributed by atoms with Gasteiger partial charge < -0.3 is 10.1 Å². The predicted octanol–water partition coefficient (Wildman–Crippen LogP) is 6.01. The number of anilines is 1. The number of imide groups is 1. The van der Waals surface area contributed by atoms with Crippen molar-refractivity contribution in [3.05, 3.63) is 98.9 Å². The van der Waals surface area contributed by atoms with E-state index in [0.717, 1.165) is 32.3 Å². The number of nitrogens with one attached hydrogen (secondary N) is 1. The van der Waals surface area contributed by atoms with Crippen LogP contribution in [0.1, 0.15) is 16.7 Å². The molecule has 6 nitrogen and oxygen atoms in total. The number of aryl methyl sites for hydroxylation is 1. The Kier molecular flexibility index (Phi) is 7.49. The molecule has 8 heteroatoms. The van der Waals surface area contributed by atoms with E-state index in [4.69, 9.17) is 4.74 Å². The number of rotatable bonds is 7. The van der Waals surface area contributed by atoms with Crippen molar-refractivity contribution >= 4 is 56.5 Å². The minimum absolute atomic E-state index is 0.233. The van der Waals surface area contributed by atoms with E-state index in [1.54, 1.807) is 24.3 Å². The van der Waals surface area contributed by atoms with Crippen LogP contribution in [0, 0.1) is 6.92 Å². The van der Waals surface area contributed by atoms with E-state index in [1.165, 1.54) is 0 Å². The van der Waals surface area contributed by atoms with E-state index in [2.05, 4.69) is 21.2 Å². The molecular formula is C26H21BrN2O4S. The molecule has 0 radical (unpaired) electrons. The van der Waals surface area contributed by atoms with Gasteiger partial charge in [0.1, 0.15) is 18.9 Å². The van der Waals surface area contributed by atoms with Gasteiger partial charge in [0.05, 0.1) is 4.91 Å². The normalized spacial score (nSPS) is 14.5. The van der Waals surface area contributed by atoms with Gasteiger partial charge >= 0.3 is 0 Å². The standard InChI is InChI=1S/C26H21BrN2O4S/c1-17-7-5-6-10-21(17)28-24(30)15-29-25(31)23(34-26(29)32)14-19-13-20(27)11-12-22(19)33-16-18-8-3-2-4-9-18/h2-14H,15-16H2,1H3,(H,28,30)/b23-14-. The summed E-state index contributed by atoms with van der Waals surface area (Å²) in [5, 5.41) is 2.26. The zero-order valence-corrected chi connectivity index (χ0v) is 20.7. The van der Waals surface area contributed by atoms with Crippen LogP contribution < -0.4 is 10.1 Å². The van der Waals surface area contributed by atoms with Crippen LogP contribution in [0.2, 0.25) is 0 Å². The number of benzene rings is 3. The van der Waals surface area contributed by atoms with Gasteiger partial charge in [-0.25, -0.2) is 0 Å². The van der Waals surface area contributed by atoms with Crippen LogP contribution in [-0.2, 0) is 16.2 Å². The number of nitrogens with zero attached hydrogens (tertiary/aromatic N) is 1. The number of carbonyl (C=O) groups excluding carboxylic acids is 3. The number of halogens is 1. The molecule has 0 unspecified atom stereocenters. The van der Waals surface area contributed by atoms with Crippen LogP contribution in [0.3, 0.4) is 0 Å². The van der Waals surface area contributed by atoms with Gasteiger partial charge in [-0.15, -0.1) is 0 Å². The molecule has 0 saturated carbocycles. The Labute approximate surface area is 210 Å². The molecule has 0 aliphatic carbocycles. The van der Waals surface area contributed by atoms with Crippen LogP contribution >= 0.6 is 27.7 Å². The number of para-hydroxylation sites is 1. The first-order chi connectivity index (χ1) is 16.4. The van der Waals surface area contributed by atoms with Crippen molar-refractivity contribution in [3.8, 4) is 5.75 Å². The highest BCUT2D eigenvalue weighted by Crippen LogP contribution is 2.35. The van der Waals surface area contributed by atoms with Gasteiger partial charge in [0.2, 0.25) is 5.91 Å². The first-order valence-electron chi connectivity index (χ1n) is 10.5. The van der Waals surface area contributed by atoms with E-state index in [-0.39, 0.29) is 11.4 Å². The highest BCUT2D eigenvalue weighted by molar-refractivity contribution is 9.10. The van der Waals surface area contributed by atoms with Crippen LogP contribution in [-0.4, -0.2) is 28.5 Å². The van der Waals surface area contributed by atoms with Gasteiger partial charge in [0.15, 0.2) is 0 Å². The average Bonchev–Trinajstić information content (AvgIpc) is 3.08. The number of thioether (sulfide) groups is 1. The molecule has 1 N–H and O–H groups in total. The van der Waals surface area contributed by atoms with E-state index in [0.29, 0.717) is 23.6 Å². The third-order valence-corrected chi connectivity index (χ3v) is 6.49. The van der Waals surface area contributed by atoms with Crippen LogP contribution in [0.5, 0.6) is 5.75 Å². The molecule has 1 heterocycles. The van der Waals surface area contributed by atoms with E-state index in [9.17, 15) is 14.4 Å². The maximum Gasteiger partial charge on any atom is 0.294 e. The Morgan fingerprint density at radius 2 is 1.79 bits per heavy atom. The fourth-order valence-corrected chi connectivity index (χ4v) is 4.53. The summed E-state index contributed by atoms with van der Waals surface area (Å²) < 4.78 is 6.78. The molecule has 3 amide bonds. The lowest BCUT2D eigenvalue weighted by atomic mass is 10.1. The van der Waals surface area contributed by atoms with Crippen molar-refractivity contribution in [2.75, 3.05) is 11.9 Å². The van der Waals surface area contributed by atoms with Crippen molar-refractivity contribution in [3.63, 3.8) is 0 Å². The molecule has 0 aromatic heterocycles. The summed E-state index contributed by atoms with van der Waals surface area (Å²) in [4.78, 5) is 39.1. The molecule has 0 atom stereocenters. The Bertz CT molecular complexity index is 1280. The lowest BCUT2D eigenvalue weighted by Gasteiger charge is -2.13. The highest BCUT2D eigenvalue weighted by Gasteiger charge is 2.36. The molecule has 4 rings (SSSR count). The lowest BCUT2D eigenvalue weighted by molar-refractivity contribution is -0.127. The zero-order chi connectivity index (χ0) is 24.1. The lowest BCUT2D eigenvalue weighted by Crippen LogP contribution is -2.36. The van der Waals surface area contributed by atoms with Gasteiger partial charge in [-0.3, -0.25) is 19.3 Å². The predicted molar refractivity (Wildman–Crippen MR) is 137 cm³/mol. The maximum atomic E-state index is 12.9. The molecular weight excluding hydrogens is 516 g/mol. The second kappa shape index (κ2) is 10.7. The second-order valence-electron chi connectivity index (χ2n) is 7.59. The summed E-state index contributed by atoms with van der Waals surface area (Å²) in [6.07, 6.45) is 1.62. The van der Waals surface area contributed by atoms with Gasteiger partial charge in [0.25, 0.3) is 11.1 Å². The molecule has 3 aromatic carbocycles. The Hall–Kier alpha value is -3.36. The third kappa shape index (κ3) is 5.76. The molecule has 1 fully saturated rings. The fraction of sp³-hybridized carbons (Fsp3) is 0.115. The molecule has 0 bridgehead atoms. The summed E-state index contributed by atoms with van der Waals surface area (Å²) >= 11 is 4.25. The number of hydrogen-bond donors (Lipinski definition) is 1. The smallest absolute Gasteiger partial charge is 0.294 e. The molecule has 1 saturated heterocycles. The van der Waals surface area contributed by atoms with Crippen LogP contribution in [0.15, 0.2) is 82.2 Å². The first-order valence-corrected chi connectivity index (χ1v) is 12.1. The second-order valence-corrected chi connectivity index (χ2v) is 9.50. The number of carbonyl (C=O) groups is 3. The van der Waals surface area contributed by atoms with Crippen molar-refractivity contribution in [2.45, 2.75) is 13.5 Å². The molecule has 3 aromatic rings. The molecule has 34 heavy (non-hydrogen) atoms. The van der Waals surface area contributed by atoms with Crippen molar-refractivity contribution in [2.24, 2.45) is 0 Å². The van der Waals surface area contributed by atoms with Crippen LogP contribution in [0.4, 0.5) is 10.5 Å². The molecule has 1 aliphatic heterocycles. The monoisotopic (exact) mass is 536 g/mol. The zero-order valence-electron chi connectivity index (χ0n) is 18.3. The molecule has 0 spiro atoms. The van der Waals surface area contributed by atoms with E-state index < -0.39 is 17.1 Å². The minimum Gasteiger partial charge on any atom is -0.488 e. The maximum absolute atomic E-state index is 12.9. The quantitative estimate of drug-likeness (QED) is 0.374. The molecule has 1 aliphatic rings. The van der Waals surface area contributed by atoms with Gasteiger partial charge in [-0.2, -0.15) is 0 Å². The minimum atomic E-state index is -0.510. The Morgan fingerprint density at radius 1 is 1.06 bits per heavy atom. The summed E-state index contributed by atoms with van der Waals surface area (Å²) in [6, 6.07) is 22.5. The van der Waals surface area contributed by atoms with Crippen molar-refractivity contribution < 1.29 is 19.1 Å².